The molecule has 0 atom stereocenters. The van der Waals surface area contributed by atoms with Gasteiger partial charge in [0.1, 0.15) is 5.75 Å². The number of rotatable bonds is 8. The first-order valence-corrected chi connectivity index (χ1v) is 8.69. The summed E-state index contributed by atoms with van der Waals surface area (Å²) in [6.45, 7) is 2.04. The fraction of sp³-hybridized carbons (Fsp3) is 0.368. The summed E-state index contributed by atoms with van der Waals surface area (Å²) in [6.07, 6.45) is -3.00. The van der Waals surface area contributed by atoms with Crippen molar-refractivity contribution in [1.82, 2.24) is 15.6 Å². The van der Waals surface area contributed by atoms with E-state index < -0.39 is 12.8 Å². The molecule has 2 aromatic rings. The minimum atomic E-state index is -4.40. The van der Waals surface area contributed by atoms with Gasteiger partial charge >= 0.3 is 6.18 Å². The summed E-state index contributed by atoms with van der Waals surface area (Å²) in [5.41, 5.74) is 1.71. The Morgan fingerprint density at radius 1 is 1.14 bits per heavy atom. The molecule has 2 rings (SSSR count). The average Bonchev–Trinajstić information content (AvgIpc) is 2.68. The number of nitrogens with one attached hydrogen (secondary N) is 2. The van der Waals surface area contributed by atoms with Crippen LogP contribution in [-0.2, 0) is 13.1 Å². The Morgan fingerprint density at radius 3 is 2.62 bits per heavy atom. The van der Waals surface area contributed by atoms with Gasteiger partial charge in [-0.3, -0.25) is 0 Å². The van der Waals surface area contributed by atoms with Gasteiger partial charge in [0.2, 0.25) is 5.88 Å². The SMILES string of the molecule is CCNC(=NCc1cccc(OC)c1)NCc1ccnc(OCC(F)(F)F)c1.I. The Labute approximate surface area is 184 Å². The van der Waals surface area contributed by atoms with Crippen molar-refractivity contribution in [2.24, 2.45) is 4.99 Å². The second-order valence-corrected chi connectivity index (χ2v) is 5.81. The van der Waals surface area contributed by atoms with E-state index in [0.29, 0.717) is 25.6 Å². The number of halogens is 4. The van der Waals surface area contributed by atoms with Gasteiger partial charge in [-0.2, -0.15) is 13.2 Å². The molecule has 6 nitrogen and oxygen atoms in total. The zero-order valence-corrected chi connectivity index (χ0v) is 18.5. The van der Waals surface area contributed by atoms with E-state index in [2.05, 4.69) is 25.3 Å². The zero-order chi connectivity index (χ0) is 20.4. The maximum atomic E-state index is 12.3. The van der Waals surface area contributed by atoms with Crippen LogP contribution in [0.25, 0.3) is 0 Å². The van der Waals surface area contributed by atoms with Crippen molar-refractivity contribution >= 4 is 29.9 Å². The number of aromatic nitrogens is 1. The maximum Gasteiger partial charge on any atom is 0.422 e. The average molecular weight is 524 g/mol. The van der Waals surface area contributed by atoms with Gasteiger partial charge in [0.15, 0.2) is 12.6 Å². The van der Waals surface area contributed by atoms with Crippen molar-refractivity contribution in [2.75, 3.05) is 20.3 Å². The van der Waals surface area contributed by atoms with Crippen molar-refractivity contribution < 1.29 is 22.6 Å². The van der Waals surface area contributed by atoms with Crippen molar-refractivity contribution in [2.45, 2.75) is 26.2 Å². The van der Waals surface area contributed by atoms with Crippen LogP contribution < -0.4 is 20.1 Å². The van der Waals surface area contributed by atoms with E-state index in [4.69, 9.17) is 4.74 Å². The molecule has 2 N–H and O–H groups in total. The first-order valence-electron chi connectivity index (χ1n) is 8.69. The van der Waals surface area contributed by atoms with Gasteiger partial charge in [0, 0.05) is 25.4 Å². The molecule has 0 amide bonds. The van der Waals surface area contributed by atoms with Crippen molar-refractivity contribution in [3.63, 3.8) is 0 Å². The number of benzene rings is 1. The lowest BCUT2D eigenvalue weighted by atomic mass is 10.2. The molecule has 1 aromatic carbocycles. The molecule has 29 heavy (non-hydrogen) atoms. The Morgan fingerprint density at radius 2 is 1.93 bits per heavy atom. The van der Waals surface area contributed by atoms with Crippen molar-refractivity contribution in [3.8, 4) is 11.6 Å². The maximum absolute atomic E-state index is 12.3. The third-order valence-corrected chi connectivity index (χ3v) is 3.54. The van der Waals surface area contributed by atoms with Crippen LogP contribution in [0.2, 0.25) is 0 Å². The van der Waals surface area contributed by atoms with Crippen LogP contribution in [0.5, 0.6) is 11.6 Å². The standard InChI is InChI=1S/C19H23F3N4O2.HI/c1-3-23-18(25-11-14-5-4-6-16(9-14)27-2)26-12-15-7-8-24-17(10-15)28-13-19(20,21)22;/h4-10H,3,11-13H2,1-2H3,(H2,23,25,26);1H. The lowest BCUT2D eigenvalue weighted by Gasteiger charge is -2.13. The highest BCUT2D eigenvalue weighted by atomic mass is 127. The highest BCUT2D eigenvalue weighted by molar-refractivity contribution is 14.0. The highest BCUT2D eigenvalue weighted by Crippen LogP contribution is 2.17. The Kier molecular flexibility index (Phi) is 10.6. The zero-order valence-electron chi connectivity index (χ0n) is 16.1. The van der Waals surface area contributed by atoms with E-state index >= 15 is 0 Å². The number of nitrogens with zero attached hydrogens (tertiary/aromatic N) is 2. The summed E-state index contributed by atoms with van der Waals surface area (Å²) >= 11 is 0. The predicted octanol–water partition coefficient (Wildman–Crippen LogP) is 3.90. The fourth-order valence-electron chi connectivity index (χ4n) is 2.26. The van der Waals surface area contributed by atoms with Gasteiger partial charge in [0.25, 0.3) is 0 Å². The van der Waals surface area contributed by atoms with Gasteiger partial charge in [-0.25, -0.2) is 9.98 Å². The summed E-state index contributed by atoms with van der Waals surface area (Å²) in [5, 5.41) is 6.26. The number of hydrogen-bond donors (Lipinski definition) is 2. The Hall–Kier alpha value is -2.24. The normalized spacial score (nSPS) is 11.4. The summed E-state index contributed by atoms with van der Waals surface area (Å²) in [7, 11) is 1.61. The van der Waals surface area contributed by atoms with E-state index in [1.807, 2.05) is 31.2 Å². The van der Waals surface area contributed by atoms with Crippen LogP contribution >= 0.6 is 24.0 Å². The van der Waals surface area contributed by atoms with Crippen molar-refractivity contribution in [3.05, 3.63) is 53.7 Å². The van der Waals surface area contributed by atoms with Crippen LogP contribution in [0.3, 0.4) is 0 Å². The fourth-order valence-corrected chi connectivity index (χ4v) is 2.26. The lowest BCUT2D eigenvalue weighted by molar-refractivity contribution is -0.154. The van der Waals surface area contributed by atoms with Crippen molar-refractivity contribution in [1.29, 1.82) is 0 Å². The van der Waals surface area contributed by atoms with Gasteiger partial charge < -0.3 is 20.1 Å². The molecule has 0 aliphatic rings. The molecule has 0 saturated heterocycles. The first-order chi connectivity index (χ1) is 13.4. The summed E-state index contributed by atoms with van der Waals surface area (Å²) in [6, 6.07) is 10.8. The summed E-state index contributed by atoms with van der Waals surface area (Å²) < 4.78 is 46.6. The number of pyridine rings is 1. The van der Waals surface area contributed by atoms with Gasteiger partial charge in [0.05, 0.1) is 13.7 Å². The molecule has 0 aliphatic heterocycles. The van der Waals surface area contributed by atoms with Crippen LogP contribution in [0.15, 0.2) is 47.6 Å². The molecule has 1 aromatic heterocycles. The number of methoxy groups -OCH3 is 1. The third kappa shape index (κ3) is 9.68. The molecule has 0 radical (unpaired) electrons. The monoisotopic (exact) mass is 524 g/mol. The topological polar surface area (TPSA) is 67.8 Å². The first kappa shape index (κ1) is 24.8. The largest absolute Gasteiger partial charge is 0.497 e. The molecule has 0 saturated carbocycles. The summed E-state index contributed by atoms with van der Waals surface area (Å²) in [4.78, 5) is 8.30. The van der Waals surface area contributed by atoms with Crippen LogP contribution in [0.4, 0.5) is 13.2 Å². The van der Waals surface area contributed by atoms with Crippen LogP contribution in [0, 0.1) is 0 Å². The van der Waals surface area contributed by atoms with E-state index in [1.54, 1.807) is 13.2 Å². The number of hydrogen-bond acceptors (Lipinski definition) is 4. The number of ether oxygens (including phenoxy) is 2. The van der Waals surface area contributed by atoms with Crippen LogP contribution in [-0.4, -0.2) is 37.4 Å². The van der Waals surface area contributed by atoms with E-state index in [1.165, 1.54) is 12.3 Å². The van der Waals surface area contributed by atoms with Crippen LogP contribution in [0.1, 0.15) is 18.1 Å². The van der Waals surface area contributed by atoms with Gasteiger partial charge in [-0.05, 0) is 36.2 Å². The minimum absolute atomic E-state index is 0. The number of guanidine groups is 1. The van der Waals surface area contributed by atoms with E-state index in [-0.39, 0.29) is 29.9 Å². The molecule has 0 spiro atoms. The lowest BCUT2D eigenvalue weighted by Crippen LogP contribution is -2.36. The third-order valence-electron chi connectivity index (χ3n) is 3.54. The molecule has 160 valence electrons. The van der Waals surface area contributed by atoms with Gasteiger partial charge in [-0.15, -0.1) is 24.0 Å². The molecular formula is C19H24F3IN4O2. The second-order valence-electron chi connectivity index (χ2n) is 5.81. The quantitative estimate of drug-likeness (QED) is 0.312. The molecule has 0 bridgehead atoms. The predicted molar refractivity (Wildman–Crippen MR) is 116 cm³/mol. The van der Waals surface area contributed by atoms with E-state index in [0.717, 1.165) is 16.9 Å². The smallest absolute Gasteiger partial charge is 0.422 e. The highest BCUT2D eigenvalue weighted by Gasteiger charge is 2.28. The number of aliphatic imine (C=N–C) groups is 1. The molecule has 1 heterocycles. The molecule has 0 aliphatic carbocycles. The van der Waals surface area contributed by atoms with E-state index in [9.17, 15) is 13.2 Å². The Bertz CT molecular complexity index is 788. The Balaban J connectivity index is 0.00000420. The summed E-state index contributed by atoms with van der Waals surface area (Å²) in [5.74, 6) is 1.27. The molecule has 10 heteroatoms. The molecular weight excluding hydrogens is 500 g/mol. The molecule has 0 fully saturated rings. The number of alkyl halides is 3. The second kappa shape index (κ2) is 12.3. The molecule has 0 unspecified atom stereocenters. The van der Waals surface area contributed by atoms with Gasteiger partial charge in [-0.1, -0.05) is 12.1 Å². The minimum Gasteiger partial charge on any atom is -0.497 e.